The van der Waals surface area contributed by atoms with E-state index in [9.17, 15) is 9.59 Å². The molecule has 0 saturated carbocycles. The van der Waals surface area contributed by atoms with Gasteiger partial charge in [-0.3, -0.25) is 4.79 Å². The number of carbonyl (C=O) groups excluding carboxylic acids is 2. The molecule has 5 nitrogen and oxygen atoms in total. The van der Waals surface area contributed by atoms with Crippen LogP contribution in [0.1, 0.15) is 20.7 Å². The third-order valence-corrected chi connectivity index (χ3v) is 1.97. The van der Waals surface area contributed by atoms with Crippen LogP contribution in [-0.4, -0.2) is 37.2 Å². The Hall–Kier alpha value is -1.88. The number of aliphatic hydroxyl groups excluding tert-OH is 1. The van der Waals surface area contributed by atoms with Gasteiger partial charge in [0.2, 0.25) is 0 Å². The summed E-state index contributed by atoms with van der Waals surface area (Å²) in [6, 6.07) is 6.34. The molecule has 0 atom stereocenters. The summed E-state index contributed by atoms with van der Waals surface area (Å²) in [5, 5.41) is 11.1. The van der Waals surface area contributed by atoms with Crippen LogP contribution in [0.3, 0.4) is 0 Å². The number of benzene rings is 1. The molecule has 1 rings (SSSR count). The minimum absolute atomic E-state index is 0.147. The van der Waals surface area contributed by atoms with E-state index in [4.69, 9.17) is 5.11 Å². The first-order valence-corrected chi connectivity index (χ1v) is 4.77. The summed E-state index contributed by atoms with van der Waals surface area (Å²) < 4.78 is 4.56. The lowest BCUT2D eigenvalue weighted by atomic mass is 10.1. The second kappa shape index (κ2) is 5.87. The lowest BCUT2D eigenvalue weighted by molar-refractivity contribution is 0.0596. The van der Waals surface area contributed by atoms with Gasteiger partial charge in [-0.15, -0.1) is 0 Å². The lowest BCUT2D eigenvalue weighted by Gasteiger charge is -2.07. The molecule has 0 aliphatic rings. The van der Waals surface area contributed by atoms with Gasteiger partial charge in [0.25, 0.3) is 5.91 Å². The number of ether oxygens (including phenoxy) is 1. The maximum atomic E-state index is 11.6. The number of rotatable bonds is 4. The van der Waals surface area contributed by atoms with Gasteiger partial charge >= 0.3 is 5.97 Å². The smallest absolute Gasteiger partial charge is 0.338 e. The summed E-state index contributed by atoms with van der Waals surface area (Å²) >= 11 is 0. The first kappa shape index (κ1) is 12.2. The largest absolute Gasteiger partial charge is 0.465 e. The molecule has 0 aromatic heterocycles. The molecule has 16 heavy (non-hydrogen) atoms. The summed E-state index contributed by atoms with van der Waals surface area (Å²) in [5.41, 5.74) is 0.447. The van der Waals surface area contributed by atoms with Crippen LogP contribution >= 0.6 is 0 Å². The highest BCUT2D eigenvalue weighted by Crippen LogP contribution is 2.09. The first-order chi connectivity index (χ1) is 7.70. The van der Waals surface area contributed by atoms with E-state index < -0.39 is 11.9 Å². The first-order valence-electron chi connectivity index (χ1n) is 4.77. The third-order valence-electron chi connectivity index (χ3n) is 1.97. The summed E-state index contributed by atoms with van der Waals surface area (Å²) in [6.45, 7) is 0.000468. The van der Waals surface area contributed by atoms with Crippen molar-refractivity contribution in [1.29, 1.82) is 0 Å². The van der Waals surface area contributed by atoms with Gasteiger partial charge in [0.1, 0.15) is 0 Å². The van der Waals surface area contributed by atoms with Crippen molar-refractivity contribution in [1.82, 2.24) is 5.32 Å². The number of amides is 1. The van der Waals surface area contributed by atoms with Crippen molar-refractivity contribution in [3.05, 3.63) is 35.4 Å². The minimum Gasteiger partial charge on any atom is -0.465 e. The maximum Gasteiger partial charge on any atom is 0.338 e. The number of hydrogen-bond donors (Lipinski definition) is 2. The van der Waals surface area contributed by atoms with Crippen molar-refractivity contribution < 1.29 is 19.4 Å². The van der Waals surface area contributed by atoms with Crippen molar-refractivity contribution in [2.24, 2.45) is 0 Å². The third kappa shape index (κ3) is 2.80. The van der Waals surface area contributed by atoms with E-state index in [1.54, 1.807) is 12.1 Å². The molecule has 0 aliphatic carbocycles. The highest BCUT2D eigenvalue weighted by Gasteiger charge is 2.16. The number of methoxy groups -OCH3 is 1. The van der Waals surface area contributed by atoms with E-state index in [0.717, 1.165) is 0 Å². The second-order valence-electron chi connectivity index (χ2n) is 3.02. The molecule has 0 bridgehead atoms. The molecule has 5 heteroatoms. The average molecular weight is 223 g/mol. The predicted octanol–water partition coefficient (Wildman–Crippen LogP) is 0.195. The maximum absolute atomic E-state index is 11.6. The van der Waals surface area contributed by atoms with Gasteiger partial charge in [-0.25, -0.2) is 4.79 Å². The summed E-state index contributed by atoms with van der Waals surface area (Å²) in [6.07, 6.45) is 0. The monoisotopic (exact) mass is 223 g/mol. The molecule has 2 N–H and O–H groups in total. The molecule has 0 saturated heterocycles. The van der Waals surface area contributed by atoms with E-state index in [1.807, 2.05) is 0 Å². The summed E-state index contributed by atoms with van der Waals surface area (Å²) in [7, 11) is 1.25. The molecule has 1 amide bonds. The quantitative estimate of drug-likeness (QED) is 0.715. The van der Waals surface area contributed by atoms with Crippen molar-refractivity contribution in [3.63, 3.8) is 0 Å². The Labute approximate surface area is 93.0 Å². The number of esters is 1. The van der Waals surface area contributed by atoms with E-state index in [1.165, 1.54) is 19.2 Å². The Morgan fingerprint density at radius 2 is 1.94 bits per heavy atom. The Bertz CT molecular complexity index is 389. The number of hydrogen-bond acceptors (Lipinski definition) is 4. The fourth-order valence-electron chi connectivity index (χ4n) is 1.23. The zero-order valence-corrected chi connectivity index (χ0v) is 8.90. The molecular formula is C11H13NO4. The second-order valence-corrected chi connectivity index (χ2v) is 3.02. The fraction of sp³-hybridized carbons (Fsp3) is 0.273. The lowest BCUT2D eigenvalue weighted by Crippen LogP contribution is -2.28. The molecule has 0 aliphatic heterocycles. The molecule has 0 fully saturated rings. The van der Waals surface area contributed by atoms with Crippen LogP contribution in [-0.2, 0) is 4.74 Å². The van der Waals surface area contributed by atoms with Gasteiger partial charge in [0.05, 0.1) is 24.8 Å². The van der Waals surface area contributed by atoms with E-state index >= 15 is 0 Å². The van der Waals surface area contributed by atoms with Gasteiger partial charge in [-0.2, -0.15) is 0 Å². The molecular weight excluding hydrogens is 210 g/mol. The highest BCUT2D eigenvalue weighted by molar-refractivity contribution is 6.05. The van der Waals surface area contributed by atoms with Crippen LogP contribution in [0.25, 0.3) is 0 Å². The van der Waals surface area contributed by atoms with Gasteiger partial charge < -0.3 is 15.2 Å². The zero-order valence-electron chi connectivity index (χ0n) is 8.90. The van der Waals surface area contributed by atoms with Crippen molar-refractivity contribution >= 4 is 11.9 Å². The van der Waals surface area contributed by atoms with E-state index in [0.29, 0.717) is 0 Å². The minimum atomic E-state index is -0.560. The van der Waals surface area contributed by atoms with Gasteiger partial charge in [-0.05, 0) is 12.1 Å². The Balaban J connectivity index is 2.94. The van der Waals surface area contributed by atoms with Gasteiger partial charge in [-0.1, -0.05) is 12.1 Å². The average Bonchev–Trinajstić information content (AvgIpc) is 2.35. The topological polar surface area (TPSA) is 75.6 Å². The van der Waals surface area contributed by atoms with Crippen LogP contribution in [0.5, 0.6) is 0 Å². The summed E-state index contributed by atoms with van der Waals surface area (Å²) in [5.74, 6) is -0.968. The molecule has 0 heterocycles. The van der Waals surface area contributed by atoms with Gasteiger partial charge in [0, 0.05) is 6.54 Å². The van der Waals surface area contributed by atoms with Crippen molar-refractivity contribution in [3.8, 4) is 0 Å². The molecule has 86 valence electrons. The number of aliphatic hydroxyl groups is 1. The van der Waals surface area contributed by atoms with Crippen LogP contribution < -0.4 is 5.32 Å². The van der Waals surface area contributed by atoms with Crippen LogP contribution in [0.2, 0.25) is 0 Å². The standard InChI is InChI=1S/C11H13NO4/c1-16-11(15)9-5-3-2-4-8(9)10(14)12-6-7-13/h2-5,13H,6-7H2,1H3,(H,12,14). The Kier molecular flexibility index (Phi) is 4.47. The number of nitrogens with one attached hydrogen (secondary N) is 1. The molecule has 1 aromatic rings. The predicted molar refractivity (Wildman–Crippen MR) is 57.2 cm³/mol. The normalized spacial score (nSPS) is 9.62. The van der Waals surface area contributed by atoms with Crippen molar-refractivity contribution in [2.45, 2.75) is 0 Å². The molecule has 0 spiro atoms. The zero-order chi connectivity index (χ0) is 12.0. The Morgan fingerprint density at radius 3 is 2.50 bits per heavy atom. The number of carbonyl (C=O) groups is 2. The SMILES string of the molecule is COC(=O)c1ccccc1C(=O)NCCO. The van der Waals surface area contributed by atoms with Gasteiger partial charge in [0.15, 0.2) is 0 Å². The van der Waals surface area contributed by atoms with Crippen molar-refractivity contribution in [2.75, 3.05) is 20.3 Å². The van der Waals surface area contributed by atoms with Crippen LogP contribution in [0.15, 0.2) is 24.3 Å². The molecule has 1 aromatic carbocycles. The highest BCUT2D eigenvalue weighted by atomic mass is 16.5. The summed E-state index contributed by atoms with van der Waals surface area (Å²) in [4.78, 5) is 23.0. The molecule has 0 unspecified atom stereocenters. The Morgan fingerprint density at radius 1 is 1.31 bits per heavy atom. The van der Waals surface area contributed by atoms with Crippen LogP contribution in [0.4, 0.5) is 0 Å². The van der Waals surface area contributed by atoms with E-state index in [-0.39, 0.29) is 24.3 Å². The van der Waals surface area contributed by atoms with Crippen LogP contribution in [0, 0.1) is 0 Å². The van der Waals surface area contributed by atoms with E-state index in [2.05, 4.69) is 10.1 Å². The molecule has 0 radical (unpaired) electrons. The fourth-order valence-corrected chi connectivity index (χ4v) is 1.23.